The summed E-state index contributed by atoms with van der Waals surface area (Å²) in [6, 6.07) is 7.42. The molecule has 0 saturated carbocycles. The van der Waals surface area contributed by atoms with Crippen molar-refractivity contribution in [3.8, 4) is 0 Å². The molecule has 1 fully saturated rings. The van der Waals surface area contributed by atoms with E-state index in [1.54, 1.807) is 4.90 Å². The van der Waals surface area contributed by atoms with E-state index in [1.165, 1.54) is 0 Å². The number of fused-ring (bicyclic) bond motifs is 1. The van der Waals surface area contributed by atoms with Crippen LogP contribution in [0, 0.1) is 0 Å². The summed E-state index contributed by atoms with van der Waals surface area (Å²) in [5.41, 5.74) is 2.04. The van der Waals surface area contributed by atoms with Gasteiger partial charge in [-0.2, -0.15) is 0 Å². The number of benzene rings is 1. The van der Waals surface area contributed by atoms with Crippen molar-refractivity contribution in [2.45, 2.75) is 51.6 Å². The van der Waals surface area contributed by atoms with Gasteiger partial charge in [0.05, 0.1) is 11.5 Å². The molecule has 29 heavy (non-hydrogen) atoms. The topological polar surface area (TPSA) is 96.5 Å². The zero-order chi connectivity index (χ0) is 21.0. The Hall–Kier alpha value is -2.35. The molecule has 1 aromatic heterocycles. The van der Waals surface area contributed by atoms with E-state index >= 15 is 0 Å². The molecular weight excluding hydrogens is 392 g/mol. The van der Waals surface area contributed by atoms with Gasteiger partial charge in [0, 0.05) is 35.6 Å². The van der Waals surface area contributed by atoms with Gasteiger partial charge in [-0.1, -0.05) is 25.1 Å². The van der Waals surface area contributed by atoms with Crippen molar-refractivity contribution in [3.63, 3.8) is 0 Å². The van der Waals surface area contributed by atoms with E-state index in [0.29, 0.717) is 19.3 Å². The van der Waals surface area contributed by atoms with Gasteiger partial charge in [0.25, 0.3) is 5.91 Å². The van der Waals surface area contributed by atoms with Crippen molar-refractivity contribution in [1.29, 1.82) is 0 Å². The molecule has 1 aliphatic heterocycles. The van der Waals surface area contributed by atoms with Crippen molar-refractivity contribution in [1.82, 2.24) is 9.88 Å². The number of nitrogens with zero attached hydrogens (tertiary/aromatic N) is 1. The summed E-state index contributed by atoms with van der Waals surface area (Å²) in [4.78, 5) is 29.6. The van der Waals surface area contributed by atoms with Crippen molar-refractivity contribution in [2.75, 3.05) is 18.1 Å². The van der Waals surface area contributed by atoms with Crippen LogP contribution in [0.4, 0.5) is 0 Å². The molecule has 1 saturated heterocycles. The molecule has 1 N–H and O–H groups in total. The molecular formula is C21H28N2O5S. The fourth-order valence-electron chi connectivity index (χ4n) is 3.86. The van der Waals surface area contributed by atoms with E-state index in [2.05, 4.69) is 4.98 Å². The molecule has 0 unspecified atom stereocenters. The first-order valence-electron chi connectivity index (χ1n) is 10.0. The number of hydrogen-bond donors (Lipinski definition) is 1. The van der Waals surface area contributed by atoms with Crippen LogP contribution in [0.15, 0.2) is 30.5 Å². The Morgan fingerprint density at radius 3 is 2.76 bits per heavy atom. The summed E-state index contributed by atoms with van der Waals surface area (Å²) < 4.78 is 28.8. The summed E-state index contributed by atoms with van der Waals surface area (Å²) in [7, 11) is -3.10. The lowest BCUT2D eigenvalue weighted by Crippen LogP contribution is -2.48. The lowest BCUT2D eigenvalue weighted by molar-refractivity contribution is -0.154. The predicted molar refractivity (Wildman–Crippen MR) is 111 cm³/mol. The Bertz CT molecular complexity index is 982. The summed E-state index contributed by atoms with van der Waals surface area (Å²) in [6.45, 7) is 3.48. The number of H-pyrrole nitrogens is 1. The normalized spacial score (nSPS) is 19.2. The van der Waals surface area contributed by atoms with E-state index in [1.807, 2.05) is 44.3 Å². The number of esters is 1. The largest absolute Gasteiger partial charge is 0.456 e. The Balaban J connectivity index is 1.54. The van der Waals surface area contributed by atoms with Crippen LogP contribution in [-0.2, 0) is 30.6 Å². The van der Waals surface area contributed by atoms with E-state index in [9.17, 15) is 18.0 Å². The zero-order valence-electron chi connectivity index (χ0n) is 16.9. The third kappa shape index (κ3) is 5.18. The molecule has 0 aliphatic carbocycles. The quantitative estimate of drug-likeness (QED) is 0.662. The highest BCUT2D eigenvalue weighted by Gasteiger charge is 2.36. The molecule has 1 aliphatic rings. The SMILES string of the molecule is CC[C@@H](C)N(C(=O)COC(=O)CCc1c[nH]c2ccccc12)[C@H]1CCS(=O)(=O)C1. The number of nitrogens with one attached hydrogen (secondary N) is 1. The van der Waals surface area contributed by atoms with Gasteiger partial charge >= 0.3 is 5.97 Å². The molecule has 2 aromatic rings. The van der Waals surface area contributed by atoms with Crippen LogP contribution < -0.4 is 0 Å². The number of carbonyl (C=O) groups is 2. The monoisotopic (exact) mass is 420 g/mol. The summed E-state index contributed by atoms with van der Waals surface area (Å²) >= 11 is 0. The molecule has 8 heteroatoms. The van der Waals surface area contributed by atoms with E-state index < -0.39 is 15.8 Å². The molecule has 2 atom stereocenters. The van der Waals surface area contributed by atoms with E-state index in [-0.39, 0.29) is 42.5 Å². The van der Waals surface area contributed by atoms with Crippen LogP contribution in [0.5, 0.6) is 0 Å². The minimum atomic E-state index is -3.10. The third-order valence-corrected chi connectivity index (χ3v) is 7.34. The second kappa shape index (κ2) is 8.98. The first kappa shape index (κ1) is 21.4. The summed E-state index contributed by atoms with van der Waals surface area (Å²) in [6.07, 6.45) is 3.72. The Morgan fingerprint density at radius 2 is 2.07 bits per heavy atom. The number of rotatable bonds is 8. The Kier molecular flexibility index (Phi) is 6.62. The first-order chi connectivity index (χ1) is 13.8. The van der Waals surface area contributed by atoms with Gasteiger partial charge < -0.3 is 14.6 Å². The number of carbonyl (C=O) groups excluding carboxylic acids is 2. The fourth-order valence-corrected chi connectivity index (χ4v) is 5.58. The summed E-state index contributed by atoms with van der Waals surface area (Å²) in [5, 5.41) is 1.07. The fraction of sp³-hybridized carbons (Fsp3) is 0.524. The zero-order valence-corrected chi connectivity index (χ0v) is 17.7. The highest BCUT2D eigenvalue weighted by Crippen LogP contribution is 2.22. The Morgan fingerprint density at radius 1 is 1.31 bits per heavy atom. The molecule has 0 radical (unpaired) electrons. The van der Waals surface area contributed by atoms with Crippen LogP contribution in [0.1, 0.15) is 38.7 Å². The van der Waals surface area contributed by atoms with Crippen LogP contribution >= 0.6 is 0 Å². The van der Waals surface area contributed by atoms with Crippen LogP contribution in [0.25, 0.3) is 10.9 Å². The van der Waals surface area contributed by atoms with Crippen molar-refractivity contribution < 1.29 is 22.7 Å². The highest BCUT2D eigenvalue weighted by atomic mass is 32.2. The predicted octanol–water partition coefficient (Wildman–Crippen LogP) is 2.46. The lowest BCUT2D eigenvalue weighted by Gasteiger charge is -2.33. The van der Waals surface area contributed by atoms with Gasteiger partial charge in [-0.25, -0.2) is 8.42 Å². The van der Waals surface area contributed by atoms with Crippen LogP contribution in [-0.4, -0.2) is 60.4 Å². The number of ether oxygens (including phenoxy) is 1. The van der Waals surface area contributed by atoms with Gasteiger partial charge in [0.15, 0.2) is 16.4 Å². The van der Waals surface area contributed by atoms with Gasteiger partial charge in [0.1, 0.15) is 0 Å². The molecule has 1 amide bonds. The van der Waals surface area contributed by atoms with Gasteiger partial charge in [-0.3, -0.25) is 9.59 Å². The molecule has 158 valence electrons. The lowest BCUT2D eigenvalue weighted by atomic mass is 10.1. The molecule has 0 bridgehead atoms. The van der Waals surface area contributed by atoms with Crippen LogP contribution in [0.2, 0.25) is 0 Å². The number of para-hydroxylation sites is 1. The average molecular weight is 421 g/mol. The number of aromatic nitrogens is 1. The van der Waals surface area contributed by atoms with E-state index in [4.69, 9.17) is 4.74 Å². The number of sulfone groups is 1. The molecule has 3 rings (SSSR count). The minimum absolute atomic E-state index is 0.0163. The maximum Gasteiger partial charge on any atom is 0.306 e. The van der Waals surface area contributed by atoms with Crippen molar-refractivity contribution in [3.05, 3.63) is 36.0 Å². The third-order valence-electron chi connectivity index (χ3n) is 5.59. The maximum absolute atomic E-state index is 12.7. The van der Waals surface area contributed by atoms with Crippen molar-refractivity contribution in [2.24, 2.45) is 0 Å². The van der Waals surface area contributed by atoms with Gasteiger partial charge in [-0.05, 0) is 37.8 Å². The smallest absolute Gasteiger partial charge is 0.306 e. The highest BCUT2D eigenvalue weighted by molar-refractivity contribution is 7.91. The maximum atomic E-state index is 12.7. The van der Waals surface area contributed by atoms with Gasteiger partial charge in [0.2, 0.25) is 0 Å². The second-order valence-corrected chi connectivity index (χ2v) is 9.86. The first-order valence-corrected chi connectivity index (χ1v) is 11.8. The van der Waals surface area contributed by atoms with E-state index in [0.717, 1.165) is 16.5 Å². The molecule has 0 spiro atoms. The minimum Gasteiger partial charge on any atom is -0.456 e. The van der Waals surface area contributed by atoms with Gasteiger partial charge in [-0.15, -0.1) is 0 Å². The number of aryl methyl sites for hydroxylation is 1. The molecule has 7 nitrogen and oxygen atoms in total. The Labute approximate surface area is 171 Å². The number of amides is 1. The number of hydrogen-bond acceptors (Lipinski definition) is 5. The standard InChI is InChI=1S/C21H28N2O5S/c1-3-15(2)23(17-10-11-29(26,27)14-17)20(24)13-28-21(25)9-8-16-12-22-19-7-5-4-6-18(16)19/h4-7,12,15,17,22H,3,8-11,13-14H2,1-2H3/t15-,17+/m1/s1. The average Bonchev–Trinajstić information content (AvgIpc) is 3.27. The number of aromatic amines is 1. The molecule has 2 heterocycles. The van der Waals surface area contributed by atoms with Crippen molar-refractivity contribution >= 4 is 32.6 Å². The summed E-state index contributed by atoms with van der Waals surface area (Å²) in [5.74, 6) is -0.687. The second-order valence-electron chi connectivity index (χ2n) is 7.64. The van der Waals surface area contributed by atoms with Crippen LogP contribution in [0.3, 0.4) is 0 Å². The molecule has 1 aromatic carbocycles.